The highest BCUT2D eigenvalue weighted by Gasteiger charge is 2.30. The summed E-state index contributed by atoms with van der Waals surface area (Å²) in [6.45, 7) is -6.67. The molecule has 0 saturated heterocycles. The van der Waals surface area contributed by atoms with Crippen molar-refractivity contribution in [1.82, 2.24) is 0 Å². The second kappa shape index (κ2) is 18.6. The molecule has 0 aromatic heterocycles. The van der Waals surface area contributed by atoms with Gasteiger partial charge in [-0.1, -0.05) is 0 Å². The Morgan fingerprint density at radius 3 is 1.41 bits per heavy atom. The van der Waals surface area contributed by atoms with Gasteiger partial charge in [0.1, 0.15) is 6.10 Å². The van der Waals surface area contributed by atoms with E-state index in [9.17, 15) is 37.8 Å². The van der Waals surface area contributed by atoms with Crippen molar-refractivity contribution in [3.8, 4) is 0 Å². The second-order valence-corrected chi connectivity index (χ2v) is 12.4. The Labute approximate surface area is 210 Å². The molecular weight excluding hydrogens is 604 g/mol. The van der Waals surface area contributed by atoms with Gasteiger partial charge in [-0.25, -0.2) is 13.7 Å². The van der Waals surface area contributed by atoms with Gasteiger partial charge in [0, 0.05) is 13.1 Å². The highest BCUT2D eigenvalue weighted by Crippen LogP contribution is 2.44. The van der Waals surface area contributed by atoms with E-state index in [1.54, 1.807) is 0 Å². The van der Waals surface area contributed by atoms with Gasteiger partial charge in [-0.3, -0.25) is 31.7 Å². The molecule has 6 unspecified atom stereocenters. The summed E-state index contributed by atoms with van der Waals surface area (Å²) < 4.78 is 91.4. The molecule has 6 atom stereocenters. The first-order valence-corrected chi connectivity index (χ1v) is 16.0. The molecule has 37 heavy (non-hydrogen) atoms. The highest BCUT2D eigenvalue weighted by molar-refractivity contribution is 7.51. The standard InChI is InChI=1S/C12H30O21P4/c1-34(16,17)27-3-2-11(25-9-32-36(20,21)29-6-14)12(26-10-33-37(22,23)30-7-15)4-24-8-31-35(18,19)28-5-13/h11-15H,2-10H2,1H3,(H,16,17)(H,18,19)(H,20,21)(H,22,23). The molecule has 0 heterocycles. The molecule has 0 rings (SSSR count). The second-order valence-electron chi connectivity index (χ2n) is 6.13. The first-order valence-electron chi connectivity index (χ1n) is 9.50. The van der Waals surface area contributed by atoms with Crippen molar-refractivity contribution >= 4 is 31.1 Å². The molecule has 25 heteroatoms. The first-order chi connectivity index (χ1) is 17.1. The van der Waals surface area contributed by atoms with Crippen molar-refractivity contribution in [3.63, 3.8) is 0 Å². The van der Waals surface area contributed by atoms with Crippen molar-refractivity contribution in [2.24, 2.45) is 0 Å². The number of phosphoric acid groups is 3. The van der Waals surface area contributed by atoms with E-state index in [2.05, 4.69) is 27.1 Å². The van der Waals surface area contributed by atoms with Crippen LogP contribution >= 0.6 is 31.1 Å². The van der Waals surface area contributed by atoms with Crippen LogP contribution in [0.2, 0.25) is 0 Å². The van der Waals surface area contributed by atoms with Crippen LogP contribution in [0.4, 0.5) is 0 Å². The van der Waals surface area contributed by atoms with E-state index in [-0.39, 0.29) is 6.42 Å². The van der Waals surface area contributed by atoms with E-state index in [1.807, 2.05) is 0 Å². The third-order valence-corrected chi connectivity index (χ3v) is 6.67. The van der Waals surface area contributed by atoms with E-state index >= 15 is 0 Å². The molecule has 0 aromatic carbocycles. The van der Waals surface area contributed by atoms with Gasteiger partial charge in [-0.05, 0) is 0 Å². The number of phosphoric ester groups is 3. The summed E-state index contributed by atoms with van der Waals surface area (Å²) in [5, 5.41) is 25.7. The van der Waals surface area contributed by atoms with Crippen molar-refractivity contribution in [1.29, 1.82) is 0 Å². The molecule has 0 aliphatic rings. The van der Waals surface area contributed by atoms with Gasteiger partial charge in [0.05, 0.1) is 19.3 Å². The molecule has 0 fully saturated rings. The van der Waals surface area contributed by atoms with E-state index in [0.29, 0.717) is 0 Å². The minimum absolute atomic E-state index is 0.316. The fraction of sp³-hybridized carbons (Fsp3) is 1.00. The van der Waals surface area contributed by atoms with E-state index in [0.717, 1.165) is 6.66 Å². The molecule has 0 saturated carbocycles. The molecule has 224 valence electrons. The van der Waals surface area contributed by atoms with E-state index in [4.69, 9.17) is 34.1 Å². The Balaban J connectivity index is 5.42. The summed E-state index contributed by atoms with van der Waals surface area (Å²) in [5.74, 6) is 0. The van der Waals surface area contributed by atoms with Crippen LogP contribution in [-0.2, 0) is 64.1 Å². The highest BCUT2D eigenvalue weighted by atomic mass is 31.2. The van der Waals surface area contributed by atoms with Crippen LogP contribution in [0.25, 0.3) is 0 Å². The van der Waals surface area contributed by atoms with Crippen molar-refractivity contribution in [3.05, 3.63) is 0 Å². The fourth-order valence-corrected chi connectivity index (χ4v) is 3.65. The lowest BCUT2D eigenvalue weighted by atomic mass is 10.1. The number of hydrogen-bond acceptors (Lipinski definition) is 17. The Morgan fingerprint density at radius 2 is 1.00 bits per heavy atom. The van der Waals surface area contributed by atoms with Crippen LogP contribution in [0.5, 0.6) is 0 Å². The average Bonchev–Trinajstić information content (AvgIpc) is 2.73. The number of rotatable bonds is 24. The van der Waals surface area contributed by atoms with Crippen LogP contribution in [-0.4, -0.2) is 108 Å². The van der Waals surface area contributed by atoms with Crippen LogP contribution in [0.1, 0.15) is 6.42 Å². The first kappa shape index (κ1) is 37.2. The molecule has 0 bridgehead atoms. The minimum Gasteiger partial charge on any atom is -0.370 e. The van der Waals surface area contributed by atoms with Crippen molar-refractivity contribution in [2.75, 3.05) is 60.6 Å². The van der Waals surface area contributed by atoms with Gasteiger partial charge >= 0.3 is 31.1 Å². The van der Waals surface area contributed by atoms with Gasteiger partial charge < -0.3 is 53.6 Å². The number of hydrogen-bond donors (Lipinski definition) is 7. The zero-order valence-corrected chi connectivity index (χ0v) is 22.7. The third kappa shape index (κ3) is 20.8. The Hall–Kier alpha value is 0.240. The lowest BCUT2D eigenvalue weighted by molar-refractivity contribution is -0.170. The zero-order valence-electron chi connectivity index (χ0n) is 19.2. The summed E-state index contributed by atoms with van der Waals surface area (Å²) in [7, 11) is -18.1. The summed E-state index contributed by atoms with van der Waals surface area (Å²) >= 11 is 0. The van der Waals surface area contributed by atoms with E-state index < -0.39 is 97.2 Å². The Morgan fingerprint density at radius 1 is 0.595 bits per heavy atom. The fourth-order valence-electron chi connectivity index (χ4n) is 1.95. The van der Waals surface area contributed by atoms with Gasteiger partial charge in [0.15, 0.2) is 40.8 Å². The Bertz CT molecular complexity index is 802. The zero-order chi connectivity index (χ0) is 28.6. The van der Waals surface area contributed by atoms with E-state index in [1.165, 1.54) is 0 Å². The lowest BCUT2D eigenvalue weighted by Gasteiger charge is -2.28. The maximum absolute atomic E-state index is 11.5. The SMILES string of the molecule is CP(=O)(O)OCCC(OCOP(=O)(O)OCO)C(COCOP(=O)(O)OCO)OCOP(=O)(O)OCO. The number of ether oxygens (including phenoxy) is 3. The predicted octanol–water partition coefficient (Wildman–Crippen LogP) is -0.882. The summed E-state index contributed by atoms with van der Waals surface area (Å²) in [5.41, 5.74) is 0. The maximum Gasteiger partial charge on any atom is 0.476 e. The number of aliphatic hydroxyl groups excluding tert-OH is 3. The summed E-state index contributed by atoms with van der Waals surface area (Å²) in [6.07, 6.45) is -3.06. The molecule has 7 N–H and O–H groups in total. The maximum atomic E-state index is 11.5. The average molecular weight is 634 g/mol. The third-order valence-electron chi connectivity index (χ3n) is 3.39. The normalized spacial score (nSPS) is 20.3. The molecule has 0 spiro atoms. The smallest absolute Gasteiger partial charge is 0.370 e. The van der Waals surface area contributed by atoms with Gasteiger partial charge in [0.2, 0.25) is 0 Å². The Kier molecular flexibility index (Phi) is 18.7. The van der Waals surface area contributed by atoms with Gasteiger partial charge in [-0.15, -0.1) is 0 Å². The number of aliphatic hydroxyl groups is 3. The van der Waals surface area contributed by atoms with Gasteiger partial charge in [-0.2, -0.15) is 0 Å². The molecule has 0 radical (unpaired) electrons. The summed E-state index contributed by atoms with van der Waals surface area (Å²) in [4.78, 5) is 37.2. The largest absolute Gasteiger partial charge is 0.476 e. The van der Waals surface area contributed by atoms with Crippen LogP contribution in [0.3, 0.4) is 0 Å². The molecule has 0 aliphatic heterocycles. The minimum atomic E-state index is -4.76. The lowest BCUT2D eigenvalue weighted by Crippen LogP contribution is -2.38. The van der Waals surface area contributed by atoms with Crippen LogP contribution in [0.15, 0.2) is 0 Å². The van der Waals surface area contributed by atoms with Crippen molar-refractivity contribution < 1.29 is 99.0 Å². The topological polar surface area (TPSA) is 302 Å². The molecule has 21 nitrogen and oxygen atoms in total. The molecular formula is C12H30O21P4. The molecule has 0 amide bonds. The van der Waals surface area contributed by atoms with Crippen LogP contribution in [0, 0.1) is 0 Å². The quantitative estimate of drug-likeness (QED) is 0.0385. The van der Waals surface area contributed by atoms with Crippen molar-refractivity contribution in [2.45, 2.75) is 18.6 Å². The summed E-state index contributed by atoms with van der Waals surface area (Å²) in [6, 6.07) is 0. The predicted molar refractivity (Wildman–Crippen MR) is 114 cm³/mol. The molecule has 0 aromatic rings. The monoisotopic (exact) mass is 634 g/mol. The van der Waals surface area contributed by atoms with Crippen LogP contribution < -0.4 is 0 Å². The molecule has 0 aliphatic carbocycles. The van der Waals surface area contributed by atoms with Gasteiger partial charge in [0.25, 0.3) is 0 Å².